The Balaban J connectivity index is 2.30. The van der Waals surface area contributed by atoms with Crippen LogP contribution in [0.1, 0.15) is 32.2 Å². The maximum absolute atomic E-state index is 5.29. The molecule has 4 nitrogen and oxygen atoms in total. The molecule has 0 amide bonds. The van der Waals surface area contributed by atoms with Crippen molar-refractivity contribution in [3.05, 3.63) is 17.8 Å². The van der Waals surface area contributed by atoms with Gasteiger partial charge in [-0.05, 0) is 26.9 Å². The van der Waals surface area contributed by atoms with Gasteiger partial charge in [-0.2, -0.15) is 0 Å². The molecule has 1 heterocycles. The molecule has 0 bridgehead atoms. The van der Waals surface area contributed by atoms with Crippen LogP contribution < -0.4 is 5.32 Å². The second-order valence-corrected chi connectivity index (χ2v) is 4.13. The summed E-state index contributed by atoms with van der Waals surface area (Å²) in [5.74, 6) is 0.936. The Bertz CT molecular complexity index is 294. The molecular weight excluding hydrogens is 202 g/mol. The van der Waals surface area contributed by atoms with E-state index in [1.54, 1.807) is 0 Å². The van der Waals surface area contributed by atoms with Crippen LogP contribution in [0.3, 0.4) is 0 Å². The first-order chi connectivity index (χ1) is 7.67. The highest BCUT2D eigenvalue weighted by atomic mass is 16.3. The first kappa shape index (κ1) is 13.2. The lowest BCUT2D eigenvalue weighted by Crippen LogP contribution is -2.38. The van der Waals surface area contributed by atoms with Crippen LogP contribution in [-0.4, -0.2) is 35.6 Å². The highest BCUT2D eigenvalue weighted by molar-refractivity contribution is 5.03. The van der Waals surface area contributed by atoms with Gasteiger partial charge in [-0.25, -0.2) is 4.98 Å². The van der Waals surface area contributed by atoms with Crippen molar-refractivity contribution in [2.24, 2.45) is 0 Å². The molecule has 0 aromatic carbocycles. The summed E-state index contributed by atoms with van der Waals surface area (Å²) in [6, 6.07) is 0.462. The van der Waals surface area contributed by atoms with Crippen LogP contribution in [0.2, 0.25) is 0 Å². The van der Waals surface area contributed by atoms with Crippen molar-refractivity contribution in [1.29, 1.82) is 0 Å². The fraction of sp³-hybridized carbons (Fsp3) is 0.750. The molecule has 4 heteroatoms. The van der Waals surface area contributed by atoms with E-state index in [9.17, 15) is 0 Å². The summed E-state index contributed by atoms with van der Waals surface area (Å²) in [6.45, 7) is 12.6. The summed E-state index contributed by atoms with van der Waals surface area (Å²) in [5, 5.41) is 3.45. The van der Waals surface area contributed by atoms with Crippen molar-refractivity contribution in [2.75, 3.05) is 19.6 Å². The van der Waals surface area contributed by atoms with Gasteiger partial charge in [0.2, 0.25) is 0 Å². The highest BCUT2D eigenvalue weighted by Gasteiger charge is 2.08. The summed E-state index contributed by atoms with van der Waals surface area (Å²) in [4.78, 5) is 6.48. The topological polar surface area (TPSA) is 41.3 Å². The number of oxazole rings is 1. The van der Waals surface area contributed by atoms with Crippen molar-refractivity contribution in [2.45, 2.75) is 40.3 Å². The Hall–Kier alpha value is -0.870. The molecule has 0 saturated heterocycles. The van der Waals surface area contributed by atoms with Crippen LogP contribution in [0.15, 0.2) is 10.8 Å². The van der Waals surface area contributed by atoms with Crippen LogP contribution in [0.25, 0.3) is 0 Å². The number of aromatic nitrogens is 1. The maximum Gasteiger partial charge on any atom is 0.181 e. The molecule has 0 saturated carbocycles. The van der Waals surface area contributed by atoms with E-state index in [0.29, 0.717) is 6.04 Å². The second kappa shape index (κ2) is 6.66. The van der Waals surface area contributed by atoms with E-state index < -0.39 is 0 Å². The second-order valence-electron chi connectivity index (χ2n) is 4.13. The number of rotatable bonds is 7. The standard InChI is InChI=1S/C12H23N3O/c1-5-15(6-2)8-10(3)13-7-12-11(4)14-9-16-12/h9-10,13H,5-8H2,1-4H3. The van der Waals surface area contributed by atoms with Crippen LogP contribution in [-0.2, 0) is 6.54 Å². The molecule has 1 unspecified atom stereocenters. The van der Waals surface area contributed by atoms with Gasteiger partial charge < -0.3 is 14.6 Å². The molecule has 0 aliphatic carbocycles. The summed E-state index contributed by atoms with van der Waals surface area (Å²) >= 11 is 0. The van der Waals surface area contributed by atoms with Crippen LogP contribution in [0.5, 0.6) is 0 Å². The smallest absolute Gasteiger partial charge is 0.181 e. The van der Waals surface area contributed by atoms with E-state index in [0.717, 1.165) is 37.6 Å². The lowest BCUT2D eigenvalue weighted by Gasteiger charge is -2.23. The number of nitrogens with one attached hydrogen (secondary N) is 1. The quantitative estimate of drug-likeness (QED) is 0.768. The van der Waals surface area contributed by atoms with Gasteiger partial charge in [-0.1, -0.05) is 13.8 Å². The number of hydrogen-bond acceptors (Lipinski definition) is 4. The first-order valence-corrected chi connectivity index (χ1v) is 6.02. The Morgan fingerprint density at radius 2 is 2.12 bits per heavy atom. The molecule has 0 spiro atoms. The van der Waals surface area contributed by atoms with E-state index in [1.165, 1.54) is 6.39 Å². The molecule has 0 radical (unpaired) electrons. The summed E-state index contributed by atoms with van der Waals surface area (Å²) in [6.07, 6.45) is 1.50. The number of nitrogens with zero attached hydrogens (tertiary/aromatic N) is 2. The molecule has 0 aliphatic heterocycles. The van der Waals surface area contributed by atoms with Crippen LogP contribution in [0.4, 0.5) is 0 Å². The van der Waals surface area contributed by atoms with Crippen molar-refractivity contribution in [1.82, 2.24) is 15.2 Å². The molecule has 0 fully saturated rings. The van der Waals surface area contributed by atoms with Crippen LogP contribution in [0, 0.1) is 6.92 Å². The van der Waals surface area contributed by atoms with E-state index in [4.69, 9.17) is 4.42 Å². The average Bonchev–Trinajstić information content (AvgIpc) is 2.69. The normalized spacial score (nSPS) is 13.3. The first-order valence-electron chi connectivity index (χ1n) is 6.02. The highest BCUT2D eigenvalue weighted by Crippen LogP contribution is 2.04. The van der Waals surface area contributed by atoms with E-state index in [1.807, 2.05) is 6.92 Å². The van der Waals surface area contributed by atoms with Crippen LogP contribution >= 0.6 is 0 Å². The molecule has 92 valence electrons. The third kappa shape index (κ3) is 3.94. The van der Waals surface area contributed by atoms with Crippen molar-refractivity contribution in [3.8, 4) is 0 Å². The van der Waals surface area contributed by atoms with E-state index in [-0.39, 0.29) is 0 Å². The van der Waals surface area contributed by atoms with Gasteiger partial charge in [0, 0.05) is 12.6 Å². The number of hydrogen-bond donors (Lipinski definition) is 1. The molecule has 1 aromatic heterocycles. The molecule has 1 aromatic rings. The Morgan fingerprint density at radius 3 is 2.62 bits per heavy atom. The zero-order valence-corrected chi connectivity index (χ0v) is 10.8. The van der Waals surface area contributed by atoms with Gasteiger partial charge in [0.25, 0.3) is 0 Å². The third-order valence-electron chi connectivity index (χ3n) is 2.88. The molecule has 16 heavy (non-hydrogen) atoms. The molecule has 1 N–H and O–H groups in total. The molecular formula is C12H23N3O. The predicted molar refractivity (Wildman–Crippen MR) is 65.3 cm³/mol. The minimum atomic E-state index is 0.462. The van der Waals surface area contributed by atoms with Gasteiger partial charge in [0.05, 0.1) is 12.2 Å². The predicted octanol–water partition coefficient (Wildman–Crippen LogP) is 1.80. The van der Waals surface area contributed by atoms with Gasteiger partial charge in [-0.3, -0.25) is 0 Å². The van der Waals surface area contributed by atoms with Crippen molar-refractivity contribution < 1.29 is 4.42 Å². The Morgan fingerprint density at radius 1 is 1.44 bits per heavy atom. The van der Waals surface area contributed by atoms with Crippen molar-refractivity contribution >= 4 is 0 Å². The Labute approximate surface area is 98.0 Å². The zero-order chi connectivity index (χ0) is 12.0. The monoisotopic (exact) mass is 225 g/mol. The zero-order valence-electron chi connectivity index (χ0n) is 10.8. The lowest BCUT2D eigenvalue weighted by atomic mass is 10.3. The molecule has 1 atom stereocenters. The maximum atomic E-state index is 5.29. The largest absolute Gasteiger partial charge is 0.447 e. The summed E-state index contributed by atoms with van der Waals surface area (Å²) < 4.78 is 5.29. The molecule has 1 rings (SSSR count). The average molecular weight is 225 g/mol. The minimum absolute atomic E-state index is 0.462. The molecule has 0 aliphatic rings. The third-order valence-corrected chi connectivity index (χ3v) is 2.88. The minimum Gasteiger partial charge on any atom is -0.447 e. The van der Waals surface area contributed by atoms with E-state index >= 15 is 0 Å². The fourth-order valence-corrected chi connectivity index (χ4v) is 1.70. The van der Waals surface area contributed by atoms with Crippen molar-refractivity contribution in [3.63, 3.8) is 0 Å². The number of likely N-dealkylation sites (N-methyl/N-ethyl adjacent to an activating group) is 1. The summed E-state index contributed by atoms with van der Waals surface area (Å²) in [5.41, 5.74) is 0.975. The fourth-order valence-electron chi connectivity index (χ4n) is 1.70. The summed E-state index contributed by atoms with van der Waals surface area (Å²) in [7, 11) is 0. The lowest BCUT2D eigenvalue weighted by molar-refractivity contribution is 0.268. The van der Waals surface area contributed by atoms with Gasteiger partial charge in [-0.15, -0.1) is 0 Å². The van der Waals surface area contributed by atoms with E-state index in [2.05, 4.69) is 36.0 Å². The Kier molecular flexibility index (Phi) is 5.49. The SMILES string of the molecule is CCN(CC)CC(C)NCc1ocnc1C. The number of aryl methyl sites for hydroxylation is 1. The van der Waals surface area contributed by atoms with Gasteiger partial charge in [0.1, 0.15) is 5.76 Å². The van der Waals surface area contributed by atoms with Gasteiger partial charge in [0.15, 0.2) is 6.39 Å². The van der Waals surface area contributed by atoms with Gasteiger partial charge >= 0.3 is 0 Å².